The zero-order chi connectivity index (χ0) is 17.4. The average Bonchev–Trinajstić information content (AvgIpc) is 3.18. The summed E-state index contributed by atoms with van der Waals surface area (Å²) in [6, 6.07) is 15.7. The summed E-state index contributed by atoms with van der Waals surface area (Å²) < 4.78 is 2.69. The third kappa shape index (κ3) is 2.89. The molecule has 0 aliphatic heterocycles. The number of thiazole rings is 1. The van der Waals surface area contributed by atoms with Crippen LogP contribution in [0.3, 0.4) is 0 Å². The van der Waals surface area contributed by atoms with Crippen molar-refractivity contribution < 1.29 is 4.79 Å². The molecule has 0 saturated heterocycles. The van der Waals surface area contributed by atoms with Gasteiger partial charge in [0, 0.05) is 0 Å². The first-order chi connectivity index (χ1) is 12.1. The molecule has 0 radical (unpaired) electrons. The van der Waals surface area contributed by atoms with Crippen LogP contribution in [-0.2, 0) is 0 Å². The molecule has 0 bridgehead atoms. The van der Waals surface area contributed by atoms with E-state index >= 15 is 0 Å². The number of hydrogen-bond donors (Lipinski definition) is 1. The quantitative estimate of drug-likeness (QED) is 0.611. The van der Waals surface area contributed by atoms with Crippen molar-refractivity contribution in [1.82, 2.24) is 20.0 Å². The van der Waals surface area contributed by atoms with E-state index in [1.165, 1.54) is 11.3 Å². The van der Waals surface area contributed by atoms with E-state index in [2.05, 4.69) is 20.6 Å². The average molecular weight is 349 g/mol. The lowest BCUT2D eigenvalue weighted by Gasteiger charge is -2.04. The summed E-state index contributed by atoms with van der Waals surface area (Å²) in [5.41, 5.74) is 3.87. The Kier molecular flexibility index (Phi) is 3.77. The van der Waals surface area contributed by atoms with Crippen LogP contribution in [-0.4, -0.2) is 25.9 Å². The lowest BCUT2D eigenvalue weighted by molar-refractivity contribution is 0.102. The molecule has 4 aromatic rings. The monoisotopic (exact) mass is 349 g/mol. The van der Waals surface area contributed by atoms with Crippen LogP contribution >= 0.6 is 11.3 Å². The van der Waals surface area contributed by atoms with E-state index in [0.717, 1.165) is 21.5 Å². The van der Waals surface area contributed by atoms with Crippen LogP contribution in [0.15, 0.2) is 48.5 Å². The number of para-hydroxylation sites is 1. The fourth-order valence-corrected chi connectivity index (χ4v) is 3.41. The minimum absolute atomic E-state index is 0.292. The van der Waals surface area contributed by atoms with Gasteiger partial charge in [-0.25, -0.2) is 9.67 Å². The lowest BCUT2D eigenvalue weighted by Crippen LogP contribution is -2.14. The maximum absolute atomic E-state index is 12.6. The van der Waals surface area contributed by atoms with Crippen molar-refractivity contribution in [3.8, 4) is 5.69 Å². The van der Waals surface area contributed by atoms with Crippen molar-refractivity contribution in [2.24, 2.45) is 0 Å². The number of aromatic nitrogens is 4. The van der Waals surface area contributed by atoms with Crippen LogP contribution in [0, 0.1) is 13.8 Å². The molecule has 0 unspecified atom stereocenters. The van der Waals surface area contributed by atoms with Gasteiger partial charge in [-0.05, 0) is 38.1 Å². The third-order valence-electron chi connectivity index (χ3n) is 3.90. The second-order valence-electron chi connectivity index (χ2n) is 5.71. The Morgan fingerprint density at radius 1 is 1.08 bits per heavy atom. The molecule has 0 fully saturated rings. The van der Waals surface area contributed by atoms with E-state index in [4.69, 9.17) is 0 Å². The van der Waals surface area contributed by atoms with Gasteiger partial charge in [0.1, 0.15) is 0 Å². The third-order valence-corrected chi connectivity index (χ3v) is 4.85. The van der Waals surface area contributed by atoms with Gasteiger partial charge in [0.25, 0.3) is 5.91 Å². The highest BCUT2D eigenvalue weighted by Gasteiger charge is 2.18. The van der Waals surface area contributed by atoms with Crippen LogP contribution < -0.4 is 5.32 Å². The number of aryl methyl sites for hydroxylation is 1. The maximum Gasteiger partial charge on any atom is 0.279 e. The predicted octanol–water partition coefficient (Wildman–Crippen LogP) is 3.75. The van der Waals surface area contributed by atoms with Gasteiger partial charge in [0.2, 0.25) is 0 Å². The van der Waals surface area contributed by atoms with Gasteiger partial charge in [-0.2, -0.15) is 0 Å². The molecule has 2 heterocycles. The normalized spacial score (nSPS) is 11.0. The van der Waals surface area contributed by atoms with Crippen molar-refractivity contribution in [3.05, 3.63) is 65.5 Å². The number of anilines is 1. The molecule has 0 aliphatic carbocycles. The summed E-state index contributed by atoms with van der Waals surface area (Å²) in [6.07, 6.45) is 0. The highest BCUT2D eigenvalue weighted by Crippen LogP contribution is 2.26. The molecule has 0 aliphatic rings. The lowest BCUT2D eigenvalue weighted by atomic mass is 10.2. The van der Waals surface area contributed by atoms with Crippen molar-refractivity contribution >= 4 is 32.6 Å². The maximum atomic E-state index is 12.6. The first-order valence-corrected chi connectivity index (χ1v) is 8.60. The molecule has 0 atom stereocenters. The Morgan fingerprint density at radius 2 is 1.84 bits per heavy atom. The fourth-order valence-electron chi connectivity index (χ4n) is 2.55. The number of carbonyl (C=O) groups excluding carboxylic acids is 1. The molecule has 124 valence electrons. The summed E-state index contributed by atoms with van der Waals surface area (Å²) in [6.45, 7) is 3.85. The molecule has 2 aromatic heterocycles. The molecular formula is C18H15N5OS. The van der Waals surface area contributed by atoms with Gasteiger partial charge in [-0.15, -0.1) is 5.10 Å². The Bertz CT molecular complexity index is 1030. The minimum atomic E-state index is -0.310. The largest absolute Gasteiger partial charge is 0.296 e. The molecule has 1 amide bonds. The molecule has 6 nitrogen and oxygen atoms in total. The molecule has 4 rings (SSSR count). The first-order valence-electron chi connectivity index (χ1n) is 7.78. The van der Waals surface area contributed by atoms with Crippen molar-refractivity contribution in [2.75, 3.05) is 5.32 Å². The van der Waals surface area contributed by atoms with Gasteiger partial charge in [-0.3, -0.25) is 10.1 Å². The van der Waals surface area contributed by atoms with Gasteiger partial charge in [0.05, 0.1) is 21.6 Å². The summed E-state index contributed by atoms with van der Waals surface area (Å²) in [5.74, 6) is -0.310. The van der Waals surface area contributed by atoms with Crippen molar-refractivity contribution in [1.29, 1.82) is 0 Å². The fraction of sp³-hybridized carbons (Fsp3) is 0.111. The number of nitrogens with one attached hydrogen (secondary N) is 1. The second-order valence-corrected chi connectivity index (χ2v) is 6.74. The topological polar surface area (TPSA) is 72.7 Å². The number of nitrogens with zero attached hydrogens (tertiary/aromatic N) is 4. The van der Waals surface area contributed by atoms with E-state index in [-0.39, 0.29) is 5.91 Å². The number of hydrogen-bond acceptors (Lipinski definition) is 5. The molecule has 0 spiro atoms. The van der Waals surface area contributed by atoms with Crippen molar-refractivity contribution in [2.45, 2.75) is 13.8 Å². The van der Waals surface area contributed by atoms with Crippen LogP contribution in [0.4, 0.5) is 5.13 Å². The number of amides is 1. The van der Waals surface area contributed by atoms with Crippen LogP contribution in [0.5, 0.6) is 0 Å². The van der Waals surface area contributed by atoms with E-state index in [9.17, 15) is 4.79 Å². The highest BCUT2D eigenvalue weighted by atomic mass is 32.1. The van der Waals surface area contributed by atoms with Crippen LogP contribution in [0.2, 0.25) is 0 Å². The van der Waals surface area contributed by atoms with Crippen LogP contribution in [0.25, 0.3) is 15.9 Å². The summed E-state index contributed by atoms with van der Waals surface area (Å²) in [4.78, 5) is 17.0. The Morgan fingerprint density at radius 3 is 2.60 bits per heavy atom. The zero-order valence-electron chi connectivity index (χ0n) is 13.7. The standard InChI is InChI=1S/C18H15N5OS/c1-11-7-9-13(10-8-11)23-12(2)16(21-22-23)17(24)20-18-19-14-5-3-4-6-15(14)25-18/h3-10H,1-2H3,(H,19,20,24). The van der Waals surface area contributed by atoms with E-state index in [1.807, 2.05) is 62.4 Å². The summed E-state index contributed by atoms with van der Waals surface area (Å²) in [5, 5.41) is 11.5. The van der Waals surface area contributed by atoms with Crippen molar-refractivity contribution in [3.63, 3.8) is 0 Å². The number of benzene rings is 2. The Labute approximate surface area is 148 Å². The Hall–Kier alpha value is -3.06. The minimum Gasteiger partial charge on any atom is -0.296 e. The second kappa shape index (κ2) is 6.10. The molecule has 1 N–H and O–H groups in total. The molecule has 2 aromatic carbocycles. The van der Waals surface area contributed by atoms with Gasteiger partial charge in [-0.1, -0.05) is 46.4 Å². The van der Waals surface area contributed by atoms with Gasteiger partial charge >= 0.3 is 0 Å². The molecule has 25 heavy (non-hydrogen) atoms. The number of carbonyl (C=O) groups is 1. The first kappa shape index (κ1) is 15.5. The molecular weight excluding hydrogens is 334 g/mol. The van der Waals surface area contributed by atoms with E-state index < -0.39 is 0 Å². The molecule has 7 heteroatoms. The zero-order valence-corrected chi connectivity index (χ0v) is 14.5. The molecule has 0 saturated carbocycles. The number of rotatable bonds is 3. The highest BCUT2D eigenvalue weighted by molar-refractivity contribution is 7.22. The number of fused-ring (bicyclic) bond motifs is 1. The Balaban J connectivity index is 1.61. The van der Waals surface area contributed by atoms with Gasteiger partial charge in [0.15, 0.2) is 10.8 Å². The SMILES string of the molecule is Cc1ccc(-n2nnc(C(=O)Nc3nc4ccccc4s3)c2C)cc1. The van der Waals surface area contributed by atoms with Gasteiger partial charge < -0.3 is 0 Å². The van der Waals surface area contributed by atoms with Crippen LogP contribution in [0.1, 0.15) is 21.7 Å². The predicted molar refractivity (Wildman–Crippen MR) is 98.4 cm³/mol. The summed E-state index contributed by atoms with van der Waals surface area (Å²) >= 11 is 1.43. The smallest absolute Gasteiger partial charge is 0.279 e. The van der Waals surface area contributed by atoms with E-state index in [0.29, 0.717) is 16.5 Å². The summed E-state index contributed by atoms with van der Waals surface area (Å²) in [7, 11) is 0. The van der Waals surface area contributed by atoms with E-state index in [1.54, 1.807) is 4.68 Å².